The molecule has 1 heterocycles. The van der Waals surface area contributed by atoms with E-state index in [0.29, 0.717) is 44.6 Å². The zero-order valence-electron chi connectivity index (χ0n) is 15.0. The molecule has 0 saturated carbocycles. The maximum absolute atomic E-state index is 13.5. The SMILES string of the molecule is COCCC(=O)N1CCC(Nc2cccc(F)c2)(C(=O)N(C)C)CC1. The molecule has 1 aliphatic heterocycles. The molecular weight excluding hydrogens is 325 g/mol. The summed E-state index contributed by atoms with van der Waals surface area (Å²) in [5, 5.41) is 3.23. The molecule has 1 aromatic rings. The first-order valence-corrected chi connectivity index (χ1v) is 8.40. The molecule has 0 aliphatic carbocycles. The first kappa shape index (κ1) is 19.2. The second-order valence-electron chi connectivity index (χ2n) is 6.54. The number of anilines is 1. The topological polar surface area (TPSA) is 61.9 Å². The van der Waals surface area contributed by atoms with E-state index in [9.17, 15) is 14.0 Å². The van der Waals surface area contributed by atoms with Gasteiger partial charge in [0.25, 0.3) is 0 Å². The first-order chi connectivity index (χ1) is 11.9. The summed E-state index contributed by atoms with van der Waals surface area (Å²) in [6.45, 7) is 1.34. The van der Waals surface area contributed by atoms with Crippen LogP contribution in [0.3, 0.4) is 0 Å². The number of methoxy groups -OCH3 is 1. The molecule has 1 N–H and O–H groups in total. The van der Waals surface area contributed by atoms with Gasteiger partial charge in [0.15, 0.2) is 0 Å². The van der Waals surface area contributed by atoms with Gasteiger partial charge in [-0.2, -0.15) is 0 Å². The molecule has 2 rings (SSSR count). The van der Waals surface area contributed by atoms with Crippen LogP contribution >= 0.6 is 0 Å². The van der Waals surface area contributed by atoms with Gasteiger partial charge in [-0.1, -0.05) is 6.07 Å². The van der Waals surface area contributed by atoms with Crippen LogP contribution in [-0.4, -0.2) is 68.1 Å². The Labute approximate surface area is 147 Å². The van der Waals surface area contributed by atoms with Crippen LogP contribution in [0.15, 0.2) is 24.3 Å². The number of halogens is 1. The van der Waals surface area contributed by atoms with E-state index >= 15 is 0 Å². The highest BCUT2D eigenvalue weighted by molar-refractivity contribution is 5.89. The smallest absolute Gasteiger partial charge is 0.247 e. The number of hydrogen-bond donors (Lipinski definition) is 1. The molecule has 138 valence electrons. The minimum Gasteiger partial charge on any atom is -0.384 e. The molecule has 0 bridgehead atoms. The van der Waals surface area contributed by atoms with Gasteiger partial charge in [-0.05, 0) is 31.0 Å². The number of likely N-dealkylation sites (tertiary alicyclic amines) is 1. The number of carbonyl (C=O) groups excluding carboxylic acids is 2. The number of likely N-dealkylation sites (N-methyl/N-ethyl adjacent to an activating group) is 1. The lowest BCUT2D eigenvalue weighted by Gasteiger charge is -2.43. The molecular formula is C18H26FN3O3. The minimum atomic E-state index is -0.838. The summed E-state index contributed by atoms with van der Waals surface area (Å²) in [6, 6.07) is 6.09. The van der Waals surface area contributed by atoms with Crippen LogP contribution in [0.2, 0.25) is 0 Å². The third-order valence-corrected chi connectivity index (χ3v) is 4.51. The molecule has 0 radical (unpaired) electrons. The summed E-state index contributed by atoms with van der Waals surface area (Å²) in [5.41, 5.74) is -0.274. The number of ether oxygens (including phenoxy) is 1. The molecule has 2 amide bonds. The van der Waals surface area contributed by atoms with E-state index in [2.05, 4.69) is 5.32 Å². The first-order valence-electron chi connectivity index (χ1n) is 8.40. The van der Waals surface area contributed by atoms with Crippen molar-refractivity contribution in [3.05, 3.63) is 30.1 Å². The molecule has 1 saturated heterocycles. The average molecular weight is 351 g/mol. The van der Waals surface area contributed by atoms with Gasteiger partial charge in [0.2, 0.25) is 11.8 Å². The maximum Gasteiger partial charge on any atom is 0.247 e. The highest BCUT2D eigenvalue weighted by atomic mass is 19.1. The lowest BCUT2D eigenvalue weighted by Crippen LogP contribution is -2.58. The summed E-state index contributed by atoms with van der Waals surface area (Å²) in [6.07, 6.45) is 1.28. The number of hydrogen-bond acceptors (Lipinski definition) is 4. The molecule has 0 spiro atoms. The Morgan fingerprint density at radius 1 is 1.32 bits per heavy atom. The van der Waals surface area contributed by atoms with E-state index in [1.165, 1.54) is 17.0 Å². The van der Waals surface area contributed by atoms with Crippen molar-refractivity contribution < 1.29 is 18.7 Å². The van der Waals surface area contributed by atoms with E-state index in [4.69, 9.17) is 4.74 Å². The van der Waals surface area contributed by atoms with E-state index in [0.717, 1.165) is 0 Å². The number of carbonyl (C=O) groups is 2. The van der Waals surface area contributed by atoms with Crippen molar-refractivity contribution in [1.82, 2.24) is 9.80 Å². The molecule has 0 atom stereocenters. The van der Waals surface area contributed by atoms with Gasteiger partial charge in [0.05, 0.1) is 13.0 Å². The number of nitrogens with one attached hydrogen (secondary N) is 1. The normalized spacial score (nSPS) is 16.4. The molecule has 1 fully saturated rings. The van der Waals surface area contributed by atoms with E-state index < -0.39 is 5.54 Å². The second kappa shape index (κ2) is 8.29. The van der Waals surface area contributed by atoms with Crippen LogP contribution in [-0.2, 0) is 14.3 Å². The quantitative estimate of drug-likeness (QED) is 0.848. The van der Waals surface area contributed by atoms with Crippen molar-refractivity contribution >= 4 is 17.5 Å². The standard InChI is InChI=1S/C18H26FN3O3/c1-21(2)17(24)18(20-15-6-4-5-14(19)13-15)8-10-22(11-9-18)16(23)7-12-25-3/h4-6,13,20H,7-12H2,1-3H3. The Morgan fingerprint density at radius 2 is 2.00 bits per heavy atom. The Hall–Kier alpha value is -2.15. The van der Waals surface area contributed by atoms with Gasteiger partial charge < -0.3 is 19.9 Å². The number of nitrogens with zero attached hydrogens (tertiary/aromatic N) is 2. The van der Waals surface area contributed by atoms with Gasteiger partial charge >= 0.3 is 0 Å². The molecule has 6 nitrogen and oxygen atoms in total. The van der Waals surface area contributed by atoms with Crippen molar-refractivity contribution in [2.24, 2.45) is 0 Å². The fourth-order valence-corrected chi connectivity index (χ4v) is 3.15. The summed E-state index contributed by atoms with van der Waals surface area (Å²) in [4.78, 5) is 28.3. The van der Waals surface area contributed by atoms with Crippen LogP contribution in [0.25, 0.3) is 0 Å². The van der Waals surface area contributed by atoms with E-state index in [1.54, 1.807) is 38.2 Å². The zero-order chi connectivity index (χ0) is 18.4. The third kappa shape index (κ3) is 4.69. The van der Waals surface area contributed by atoms with Crippen LogP contribution in [0, 0.1) is 5.82 Å². The number of amides is 2. The van der Waals surface area contributed by atoms with Crippen LogP contribution in [0.1, 0.15) is 19.3 Å². The lowest BCUT2D eigenvalue weighted by atomic mass is 9.85. The average Bonchev–Trinajstić information content (AvgIpc) is 2.59. The third-order valence-electron chi connectivity index (χ3n) is 4.51. The van der Waals surface area contributed by atoms with E-state index in [1.807, 2.05) is 0 Å². The summed E-state index contributed by atoms with van der Waals surface area (Å²) in [7, 11) is 4.97. The fraction of sp³-hybridized carbons (Fsp3) is 0.556. The van der Waals surface area contributed by atoms with Crippen molar-refractivity contribution in [2.45, 2.75) is 24.8 Å². The van der Waals surface area contributed by atoms with Crippen LogP contribution < -0.4 is 5.32 Å². The van der Waals surface area contributed by atoms with Gasteiger partial charge in [-0.25, -0.2) is 4.39 Å². The second-order valence-corrected chi connectivity index (χ2v) is 6.54. The Bertz CT molecular complexity index is 613. The number of piperidine rings is 1. The zero-order valence-corrected chi connectivity index (χ0v) is 15.0. The van der Waals surface area contributed by atoms with Crippen molar-refractivity contribution in [1.29, 1.82) is 0 Å². The molecule has 1 aliphatic rings. The minimum absolute atomic E-state index is 0.0264. The predicted octanol–water partition coefficient (Wildman–Crippen LogP) is 1.72. The Kier molecular flexibility index (Phi) is 6.36. The Morgan fingerprint density at radius 3 is 2.56 bits per heavy atom. The fourth-order valence-electron chi connectivity index (χ4n) is 3.15. The summed E-state index contributed by atoms with van der Waals surface area (Å²) in [5.74, 6) is -0.399. The van der Waals surface area contributed by atoms with Crippen LogP contribution in [0.5, 0.6) is 0 Å². The van der Waals surface area contributed by atoms with Crippen LogP contribution in [0.4, 0.5) is 10.1 Å². The Balaban J connectivity index is 2.13. The van der Waals surface area contributed by atoms with Crippen molar-refractivity contribution in [3.63, 3.8) is 0 Å². The largest absolute Gasteiger partial charge is 0.384 e. The van der Waals surface area contributed by atoms with Crippen molar-refractivity contribution in [3.8, 4) is 0 Å². The summed E-state index contributed by atoms with van der Waals surface area (Å²) >= 11 is 0. The van der Waals surface area contributed by atoms with Gasteiger partial charge in [0, 0.05) is 40.0 Å². The molecule has 7 heteroatoms. The van der Waals surface area contributed by atoms with Gasteiger partial charge in [-0.3, -0.25) is 9.59 Å². The monoisotopic (exact) mass is 351 g/mol. The molecule has 25 heavy (non-hydrogen) atoms. The lowest BCUT2D eigenvalue weighted by molar-refractivity contribution is -0.140. The van der Waals surface area contributed by atoms with Gasteiger partial charge in [0.1, 0.15) is 11.4 Å². The molecule has 0 aromatic heterocycles. The summed E-state index contributed by atoms with van der Waals surface area (Å²) < 4.78 is 18.4. The highest BCUT2D eigenvalue weighted by Crippen LogP contribution is 2.29. The van der Waals surface area contributed by atoms with E-state index in [-0.39, 0.29) is 17.6 Å². The van der Waals surface area contributed by atoms with Crippen molar-refractivity contribution in [2.75, 3.05) is 46.2 Å². The molecule has 0 unspecified atom stereocenters. The predicted molar refractivity (Wildman–Crippen MR) is 93.8 cm³/mol. The van der Waals surface area contributed by atoms with Gasteiger partial charge in [-0.15, -0.1) is 0 Å². The molecule has 1 aromatic carbocycles. The number of benzene rings is 1. The highest BCUT2D eigenvalue weighted by Gasteiger charge is 2.43. The maximum atomic E-state index is 13.5. The number of rotatable bonds is 6.